The SMILES string of the molecule is CCC1(C)CN(CC2CC=CCC2)CCCN1. The first-order valence-electron chi connectivity index (χ1n) is 7.34. The van der Waals surface area contributed by atoms with E-state index in [1.807, 2.05) is 0 Å². The molecular weight excluding hydrogens is 208 g/mol. The van der Waals surface area contributed by atoms with Gasteiger partial charge in [-0.1, -0.05) is 19.1 Å². The molecule has 2 heteroatoms. The number of nitrogens with one attached hydrogen (secondary N) is 1. The molecule has 2 nitrogen and oxygen atoms in total. The zero-order valence-corrected chi connectivity index (χ0v) is 11.5. The lowest BCUT2D eigenvalue weighted by Crippen LogP contribution is -2.49. The van der Waals surface area contributed by atoms with Crippen LogP contribution in [-0.2, 0) is 0 Å². The van der Waals surface area contributed by atoms with E-state index in [4.69, 9.17) is 0 Å². The van der Waals surface area contributed by atoms with Gasteiger partial charge in [-0.15, -0.1) is 0 Å². The first-order chi connectivity index (χ1) is 8.22. The second-order valence-corrected chi connectivity index (χ2v) is 6.08. The summed E-state index contributed by atoms with van der Waals surface area (Å²) >= 11 is 0. The van der Waals surface area contributed by atoms with Crippen LogP contribution in [-0.4, -0.2) is 36.6 Å². The van der Waals surface area contributed by atoms with E-state index >= 15 is 0 Å². The van der Waals surface area contributed by atoms with Crippen LogP contribution in [0.1, 0.15) is 46.0 Å². The van der Waals surface area contributed by atoms with Crippen molar-refractivity contribution in [2.75, 3.05) is 26.2 Å². The van der Waals surface area contributed by atoms with E-state index in [2.05, 4.69) is 36.2 Å². The Kier molecular flexibility index (Phi) is 4.63. The molecule has 2 rings (SSSR count). The number of hydrogen-bond donors (Lipinski definition) is 1. The predicted molar refractivity (Wildman–Crippen MR) is 74.2 cm³/mol. The average molecular weight is 236 g/mol. The molecule has 0 aromatic rings. The van der Waals surface area contributed by atoms with E-state index in [0.29, 0.717) is 5.54 Å². The summed E-state index contributed by atoms with van der Waals surface area (Å²) < 4.78 is 0. The van der Waals surface area contributed by atoms with Crippen molar-refractivity contribution in [2.45, 2.75) is 51.5 Å². The summed E-state index contributed by atoms with van der Waals surface area (Å²) in [5.41, 5.74) is 0.334. The molecule has 1 heterocycles. The van der Waals surface area contributed by atoms with Crippen LogP contribution in [0.15, 0.2) is 12.2 Å². The highest BCUT2D eigenvalue weighted by atomic mass is 15.2. The molecule has 0 radical (unpaired) electrons. The van der Waals surface area contributed by atoms with Crippen LogP contribution < -0.4 is 5.32 Å². The van der Waals surface area contributed by atoms with Gasteiger partial charge in [-0.2, -0.15) is 0 Å². The van der Waals surface area contributed by atoms with Gasteiger partial charge in [-0.25, -0.2) is 0 Å². The number of nitrogens with zero attached hydrogens (tertiary/aromatic N) is 1. The molecule has 2 aliphatic rings. The highest BCUT2D eigenvalue weighted by molar-refractivity contribution is 4.93. The number of allylic oxidation sites excluding steroid dienone is 2. The van der Waals surface area contributed by atoms with Gasteiger partial charge in [-0.05, 0) is 58.0 Å². The van der Waals surface area contributed by atoms with Crippen LogP contribution in [0.2, 0.25) is 0 Å². The lowest BCUT2D eigenvalue weighted by Gasteiger charge is -2.34. The van der Waals surface area contributed by atoms with Crippen molar-refractivity contribution in [3.8, 4) is 0 Å². The van der Waals surface area contributed by atoms with Crippen molar-refractivity contribution in [1.29, 1.82) is 0 Å². The third kappa shape index (κ3) is 3.82. The molecular formula is C15H28N2. The fourth-order valence-corrected chi connectivity index (χ4v) is 3.10. The minimum atomic E-state index is 0.334. The molecule has 0 aromatic heterocycles. The lowest BCUT2D eigenvalue weighted by atomic mass is 9.92. The average Bonchev–Trinajstić information content (AvgIpc) is 2.53. The Labute approximate surface area is 106 Å². The van der Waals surface area contributed by atoms with Crippen LogP contribution in [0.3, 0.4) is 0 Å². The van der Waals surface area contributed by atoms with E-state index in [1.165, 1.54) is 58.3 Å². The molecule has 1 fully saturated rings. The Morgan fingerprint density at radius 3 is 3.00 bits per heavy atom. The Balaban J connectivity index is 1.88. The van der Waals surface area contributed by atoms with Crippen LogP contribution in [0.5, 0.6) is 0 Å². The van der Waals surface area contributed by atoms with Gasteiger partial charge in [0.15, 0.2) is 0 Å². The van der Waals surface area contributed by atoms with Gasteiger partial charge in [0, 0.05) is 18.6 Å². The molecule has 98 valence electrons. The van der Waals surface area contributed by atoms with E-state index in [1.54, 1.807) is 0 Å². The molecule has 0 spiro atoms. The van der Waals surface area contributed by atoms with Crippen molar-refractivity contribution >= 4 is 0 Å². The van der Waals surface area contributed by atoms with Crippen LogP contribution in [0, 0.1) is 5.92 Å². The van der Waals surface area contributed by atoms with Gasteiger partial charge in [0.25, 0.3) is 0 Å². The standard InChI is InChI=1S/C15H28N2/c1-3-15(2)13-17(11-7-10-16-15)12-14-8-5-4-6-9-14/h4-5,14,16H,3,6-13H2,1-2H3. The number of rotatable bonds is 3. The maximum atomic E-state index is 3.72. The van der Waals surface area contributed by atoms with Gasteiger partial charge < -0.3 is 10.2 Å². The monoisotopic (exact) mass is 236 g/mol. The van der Waals surface area contributed by atoms with Gasteiger partial charge >= 0.3 is 0 Å². The normalized spacial score (nSPS) is 35.8. The fourth-order valence-electron chi connectivity index (χ4n) is 3.10. The van der Waals surface area contributed by atoms with Gasteiger partial charge in [0.05, 0.1) is 0 Å². The maximum Gasteiger partial charge on any atom is 0.0277 e. The zero-order chi connectivity index (χ0) is 12.1. The molecule has 0 amide bonds. The van der Waals surface area contributed by atoms with Crippen LogP contribution in [0.25, 0.3) is 0 Å². The quantitative estimate of drug-likeness (QED) is 0.758. The van der Waals surface area contributed by atoms with E-state index in [9.17, 15) is 0 Å². The second kappa shape index (κ2) is 6.01. The van der Waals surface area contributed by atoms with E-state index in [0.717, 1.165) is 5.92 Å². The molecule has 2 unspecified atom stereocenters. The van der Waals surface area contributed by atoms with Crippen molar-refractivity contribution < 1.29 is 0 Å². The summed E-state index contributed by atoms with van der Waals surface area (Å²) in [6.07, 6.45) is 11.2. The van der Waals surface area contributed by atoms with Crippen LogP contribution in [0.4, 0.5) is 0 Å². The predicted octanol–water partition coefficient (Wildman–Crippen LogP) is 2.81. The Hall–Kier alpha value is -0.340. The van der Waals surface area contributed by atoms with Crippen molar-refractivity contribution in [1.82, 2.24) is 10.2 Å². The van der Waals surface area contributed by atoms with E-state index < -0.39 is 0 Å². The molecule has 1 saturated heterocycles. The maximum absolute atomic E-state index is 3.72. The number of hydrogen-bond acceptors (Lipinski definition) is 2. The zero-order valence-electron chi connectivity index (χ0n) is 11.5. The molecule has 0 saturated carbocycles. The van der Waals surface area contributed by atoms with Gasteiger partial charge in [0.1, 0.15) is 0 Å². The lowest BCUT2D eigenvalue weighted by molar-refractivity contribution is 0.183. The van der Waals surface area contributed by atoms with Crippen LogP contribution >= 0.6 is 0 Å². The highest BCUT2D eigenvalue weighted by Crippen LogP contribution is 2.22. The third-order valence-corrected chi connectivity index (χ3v) is 4.45. The first kappa shape index (κ1) is 13.1. The second-order valence-electron chi connectivity index (χ2n) is 6.08. The topological polar surface area (TPSA) is 15.3 Å². The van der Waals surface area contributed by atoms with Gasteiger partial charge in [0.2, 0.25) is 0 Å². The molecule has 2 atom stereocenters. The molecule has 0 aromatic carbocycles. The summed E-state index contributed by atoms with van der Waals surface area (Å²) in [7, 11) is 0. The summed E-state index contributed by atoms with van der Waals surface area (Å²) in [5.74, 6) is 0.902. The fraction of sp³-hybridized carbons (Fsp3) is 0.867. The van der Waals surface area contributed by atoms with Crippen molar-refractivity contribution in [3.05, 3.63) is 12.2 Å². The third-order valence-electron chi connectivity index (χ3n) is 4.45. The van der Waals surface area contributed by atoms with Crippen molar-refractivity contribution in [2.24, 2.45) is 5.92 Å². The van der Waals surface area contributed by atoms with E-state index in [-0.39, 0.29) is 0 Å². The van der Waals surface area contributed by atoms with Gasteiger partial charge in [-0.3, -0.25) is 0 Å². The highest BCUT2D eigenvalue weighted by Gasteiger charge is 2.28. The molecule has 1 aliphatic carbocycles. The summed E-state index contributed by atoms with van der Waals surface area (Å²) in [6, 6.07) is 0. The Morgan fingerprint density at radius 1 is 1.41 bits per heavy atom. The summed E-state index contributed by atoms with van der Waals surface area (Å²) in [5, 5.41) is 3.72. The molecule has 0 bridgehead atoms. The Morgan fingerprint density at radius 2 is 2.29 bits per heavy atom. The smallest absolute Gasteiger partial charge is 0.0277 e. The molecule has 1 aliphatic heterocycles. The molecule has 17 heavy (non-hydrogen) atoms. The minimum absolute atomic E-state index is 0.334. The Bertz CT molecular complexity index is 262. The summed E-state index contributed by atoms with van der Waals surface area (Å²) in [4.78, 5) is 2.70. The minimum Gasteiger partial charge on any atom is -0.310 e. The largest absolute Gasteiger partial charge is 0.310 e. The van der Waals surface area contributed by atoms with Crippen molar-refractivity contribution in [3.63, 3.8) is 0 Å². The summed E-state index contributed by atoms with van der Waals surface area (Å²) in [6.45, 7) is 9.69. The first-order valence-corrected chi connectivity index (χ1v) is 7.34. The molecule has 1 N–H and O–H groups in total.